The number of hydrogen-bond donors (Lipinski definition) is 1. The van der Waals surface area contributed by atoms with Gasteiger partial charge in [-0.25, -0.2) is 0 Å². The van der Waals surface area contributed by atoms with Gasteiger partial charge in [0.1, 0.15) is 0 Å². The molecule has 1 saturated heterocycles. The summed E-state index contributed by atoms with van der Waals surface area (Å²) in [6, 6.07) is 16.2. The molecule has 3 rings (SSSR count). The number of nitrogens with one attached hydrogen (secondary N) is 1. The van der Waals surface area contributed by atoms with Crippen LogP contribution in [0.4, 0.5) is 0 Å². The minimum absolute atomic E-state index is 0.0152. The standard InChI is InChI=1S/C20H24N2OS/c1-24-19-10-8-16(9-11-19)20(23)21-14-17-6-2-3-7-18(17)15-22-12-4-5-13-22/h2-3,6-11H,4-5,12-15H2,1H3,(H,21,23). The molecule has 1 fully saturated rings. The SMILES string of the molecule is CSc1ccc(C(=O)NCc2ccccc2CN2CCCC2)cc1. The second-order valence-corrected chi connectivity index (χ2v) is 7.04. The largest absolute Gasteiger partial charge is 0.348 e. The van der Waals surface area contributed by atoms with E-state index in [1.807, 2.05) is 36.6 Å². The smallest absolute Gasteiger partial charge is 0.251 e. The molecule has 24 heavy (non-hydrogen) atoms. The van der Waals surface area contributed by atoms with E-state index in [4.69, 9.17) is 0 Å². The van der Waals surface area contributed by atoms with Crippen molar-refractivity contribution in [3.8, 4) is 0 Å². The highest BCUT2D eigenvalue weighted by Crippen LogP contribution is 2.17. The number of amides is 1. The highest BCUT2D eigenvalue weighted by atomic mass is 32.2. The van der Waals surface area contributed by atoms with Gasteiger partial charge in [-0.15, -0.1) is 11.8 Å². The minimum Gasteiger partial charge on any atom is -0.348 e. The van der Waals surface area contributed by atoms with Crippen molar-refractivity contribution < 1.29 is 4.79 Å². The van der Waals surface area contributed by atoms with E-state index in [-0.39, 0.29) is 5.91 Å². The van der Waals surface area contributed by atoms with Crippen LogP contribution in [0.5, 0.6) is 0 Å². The number of carbonyl (C=O) groups is 1. The summed E-state index contributed by atoms with van der Waals surface area (Å²) in [6.07, 6.45) is 4.63. The zero-order valence-electron chi connectivity index (χ0n) is 14.1. The van der Waals surface area contributed by atoms with Gasteiger partial charge in [-0.05, 0) is 67.6 Å². The van der Waals surface area contributed by atoms with E-state index in [1.54, 1.807) is 11.8 Å². The average Bonchev–Trinajstić information content (AvgIpc) is 3.14. The van der Waals surface area contributed by atoms with Crippen molar-refractivity contribution in [1.82, 2.24) is 10.2 Å². The number of hydrogen-bond acceptors (Lipinski definition) is 3. The van der Waals surface area contributed by atoms with E-state index in [2.05, 4.69) is 28.4 Å². The van der Waals surface area contributed by atoms with E-state index in [9.17, 15) is 4.79 Å². The van der Waals surface area contributed by atoms with Crippen LogP contribution in [0, 0.1) is 0 Å². The minimum atomic E-state index is -0.0152. The molecule has 0 bridgehead atoms. The maximum absolute atomic E-state index is 12.3. The molecule has 2 aromatic carbocycles. The molecular formula is C20H24N2OS. The molecule has 1 aliphatic heterocycles. The third-order valence-electron chi connectivity index (χ3n) is 4.50. The second-order valence-electron chi connectivity index (χ2n) is 6.16. The molecule has 2 aromatic rings. The Labute approximate surface area is 148 Å². The van der Waals surface area contributed by atoms with Gasteiger partial charge in [-0.1, -0.05) is 24.3 Å². The van der Waals surface area contributed by atoms with E-state index >= 15 is 0 Å². The summed E-state index contributed by atoms with van der Waals surface area (Å²) >= 11 is 1.68. The molecule has 1 aliphatic rings. The number of carbonyl (C=O) groups excluding carboxylic acids is 1. The fourth-order valence-electron chi connectivity index (χ4n) is 3.09. The van der Waals surface area contributed by atoms with E-state index in [0.717, 1.165) is 6.54 Å². The Bertz CT molecular complexity index is 678. The Hall–Kier alpha value is -1.78. The van der Waals surface area contributed by atoms with Gasteiger partial charge < -0.3 is 5.32 Å². The Balaban J connectivity index is 1.62. The lowest BCUT2D eigenvalue weighted by Gasteiger charge is -2.17. The van der Waals surface area contributed by atoms with Crippen LogP contribution in [-0.4, -0.2) is 30.2 Å². The van der Waals surface area contributed by atoms with Gasteiger partial charge in [0.2, 0.25) is 0 Å². The monoisotopic (exact) mass is 340 g/mol. The molecule has 0 aromatic heterocycles. The first-order valence-corrected chi connectivity index (χ1v) is 9.70. The van der Waals surface area contributed by atoms with Crippen molar-refractivity contribution in [1.29, 1.82) is 0 Å². The Morgan fingerprint density at radius 1 is 1.04 bits per heavy atom. The molecule has 0 radical (unpaired) electrons. The molecular weight excluding hydrogens is 316 g/mol. The summed E-state index contributed by atoms with van der Waals surface area (Å²) in [5.41, 5.74) is 3.24. The first kappa shape index (κ1) is 17.1. The molecule has 1 N–H and O–H groups in total. The third-order valence-corrected chi connectivity index (χ3v) is 5.25. The van der Waals surface area contributed by atoms with Crippen LogP contribution in [-0.2, 0) is 13.1 Å². The number of rotatable bonds is 6. The van der Waals surface area contributed by atoms with Crippen LogP contribution in [0.3, 0.4) is 0 Å². The van der Waals surface area contributed by atoms with Crippen LogP contribution in [0.2, 0.25) is 0 Å². The summed E-state index contributed by atoms with van der Waals surface area (Å²) in [5.74, 6) is -0.0152. The van der Waals surface area contributed by atoms with Gasteiger partial charge in [-0.2, -0.15) is 0 Å². The van der Waals surface area contributed by atoms with Gasteiger partial charge in [0.05, 0.1) is 0 Å². The van der Waals surface area contributed by atoms with Gasteiger partial charge in [0.25, 0.3) is 5.91 Å². The van der Waals surface area contributed by atoms with Crippen LogP contribution < -0.4 is 5.32 Å². The molecule has 0 atom stereocenters. The number of nitrogens with zero attached hydrogens (tertiary/aromatic N) is 1. The zero-order chi connectivity index (χ0) is 16.8. The normalized spacial score (nSPS) is 14.7. The van der Waals surface area contributed by atoms with Gasteiger partial charge >= 0.3 is 0 Å². The molecule has 0 spiro atoms. The maximum atomic E-state index is 12.3. The van der Waals surface area contributed by atoms with Crippen LogP contribution >= 0.6 is 11.8 Å². The van der Waals surface area contributed by atoms with Crippen molar-refractivity contribution in [2.75, 3.05) is 19.3 Å². The van der Waals surface area contributed by atoms with E-state index in [0.29, 0.717) is 12.1 Å². The first-order chi connectivity index (χ1) is 11.8. The quantitative estimate of drug-likeness (QED) is 0.809. The second kappa shape index (κ2) is 8.36. The summed E-state index contributed by atoms with van der Waals surface area (Å²) in [7, 11) is 0. The Kier molecular flexibility index (Phi) is 5.94. The van der Waals surface area contributed by atoms with Crippen molar-refractivity contribution in [2.45, 2.75) is 30.8 Å². The summed E-state index contributed by atoms with van der Waals surface area (Å²) in [5, 5.41) is 3.05. The number of thioether (sulfide) groups is 1. The van der Waals surface area contributed by atoms with Crippen molar-refractivity contribution >= 4 is 17.7 Å². The van der Waals surface area contributed by atoms with Crippen LogP contribution in [0.25, 0.3) is 0 Å². The van der Waals surface area contributed by atoms with Gasteiger partial charge in [0.15, 0.2) is 0 Å². The maximum Gasteiger partial charge on any atom is 0.251 e. The van der Waals surface area contributed by atoms with Crippen molar-refractivity contribution in [3.63, 3.8) is 0 Å². The Morgan fingerprint density at radius 3 is 2.38 bits per heavy atom. The van der Waals surface area contributed by atoms with Crippen LogP contribution in [0.1, 0.15) is 34.3 Å². The predicted molar refractivity (Wildman–Crippen MR) is 100 cm³/mol. The Morgan fingerprint density at radius 2 is 1.71 bits per heavy atom. The fourth-order valence-corrected chi connectivity index (χ4v) is 3.49. The predicted octanol–water partition coefficient (Wildman–Crippen LogP) is 3.93. The third kappa shape index (κ3) is 4.40. The molecule has 0 aliphatic carbocycles. The first-order valence-electron chi connectivity index (χ1n) is 8.47. The average molecular weight is 340 g/mol. The fraction of sp³-hybridized carbons (Fsp3) is 0.350. The molecule has 3 nitrogen and oxygen atoms in total. The van der Waals surface area contributed by atoms with Crippen molar-refractivity contribution in [2.24, 2.45) is 0 Å². The molecule has 0 saturated carbocycles. The molecule has 4 heteroatoms. The number of likely N-dealkylation sites (tertiary alicyclic amines) is 1. The van der Waals surface area contributed by atoms with Gasteiger partial charge in [-0.3, -0.25) is 9.69 Å². The van der Waals surface area contributed by atoms with Crippen LogP contribution in [0.15, 0.2) is 53.4 Å². The highest BCUT2D eigenvalue weighted by Gasteiger charge is 2.14. The molecule has 126 valence electrons. The van der Waals surface area contributed by atoms with E-state index in [1.165, 1.54) is 42.0 Å². The zero-order valence-corrected chi connectivity index (χ0v) is 14.9. The molecule has 1 heterocycles. The summed E-state index contributed by atoms with van der Waals surface area (Å²) in [6.45, 7) is 3.92. The van der Waals surface area contributed by atoms with Crippen molar-refractivity contribution in [3.05, 3.63) is 65.2 Å². The van der Waals surface area contributed by atoms with Gasteiger partial charge in [0, 0.05) is 23.5 Å². The topological polar surface area (TPSA) is 32.3 Å². The van der Waals surface area contributed by atoms with E-state index < -0.39 is 0 Å². The molecule has 0 unspecified atom stereocenters. The lowest BCUT2D eigenvalue weighted by Crippen LogP contribution is -2.25. The summed E-state index contributed by atoms with van der Waals surface area (Å²) in [4.78, 5) is 16.0. The summed E-state index contributed by atoms with van der Waals surface area (Å²) < 4.78 is 0. The lowest BCUT2D eigenvalue weighted by atomic mass is 10.1. The molecule has 1 amide bonds. The highest BCUT2D eigenvalue weighted by molar-refractivity contribution is 7.98. The lowest BCUT2D eigenvalue weighted by molar-refractivity contribution is 0.0950. The number of benzene rings is 2.